The number of carbonyl (C=O) groups is 1. The Morgan fingerprint density at radius 3 is 2.34 bits per heavy atom. The summed E-state index contributed by atoms with van der Waals surface area (Å²) < 4.78 is 31.5. The minimum atomic E-state index is -3.47. The van der Waals surface area contributed by atoms with Crippen molar-refractivity contribution in [1.82, 2.24) is 5.32 Å². The van der Waals surface area contributed by atoms with Gasteiger partial charge in [-0.1, -0.05) is 42.5 Å². The predicted octanol–water partition coefficient (Wildman–Crippen LogP) is 4.46. The fourth-order valence-electron chi connectivity index (χ4n) is 3.49. The van der Waals surface area contributed by atoms with Crippen LogP contribution in [0.15, 0.2) is 72.8 Å². The first-order valence-corrected chi connectivity index (χ1v) is 12.1. The van der Waals surface area contributed by atoms with Crippen molar-refractivity contribution in [2.45, 2.75) is 26.4 Å². The van der Waals surface area contributed by atoms with Crippen LogP contribution in [-0.2, 0) is 16.6 Å². The summed E-state index contributed by atoms with van der Waals surface area (Å²) in [6.45, 7) is 4.00. The summed E-state index contributed by atoms with van der Waals surface area (Å²) in [7, 11) is -1.87. The van der Waals surface area contributed by atoms with Crippen LogP contribution in [0, 0.1) is 6.92 Å². The van der Waals surface area contributed by atoms with Crippen LogP contribution in [-0.4, -0.2) is 27.7 Å². The van der Waals surface area contributed by atoms with Crippen LogP contribution >= 0.6 is 0 Å². The second kappa shape index (κ2) is 9.87. The van der Waals surface area contributed by atoms with Gasteiger partial charge in [-0.05, 0) is 55.3 Å². The van der Waals surface area contributed by atoms with E-state index in [9.17, 15) is 13.2 Å². The van der Waals surface area contributed by atoms with E-state index in [4.69, 9.17) is 4.74 Å². The first kappa shape index (κ1) is 23.3. The maximum Gasteiger partial charge on any atom is 0.251 e. The molecule has 0 fully saturated rings. The lowest BCUT2D eigenvalue weighted by Crippen LogP contribution is -2.29. The summed E-state index contributed by atoms with van der Waals surface area (Å²) in [5.41, 5.74) is 3.76. The van der Waals surface area contributed by atoms with Gasteiger partial charge in [-0.15, -0.1) is 0 Å². The second-order valence-corrected chi connectivity index (χ2v) is 9.65. The van der Waals surface area contributed by atoms with E-state index in [1.165, 1.54) is 10.6 Å². The Labute approximate surface area is 189 Å². The molecule has 7 heteroatoms. The molecule has 6 nitrogen and oxygen atoms in total. The Morgan fingerprint density at radius 2 is 1.72 bits per heavy atom. The molecule has 1 unspecified atom stereocenters. The second-order valence-electron chi connectivity index (χ2n) is 7.74. The van der Waals surface area contributed by atoms with E-state index in [1.807, 2.05) is 56.3 Å². The molecule has 0 aliphatic heterocycles. The first-order chi connectivity index (χ1) is 15.2. The maximum absolute atomic E-state index is 12.7. The highest BCUT2D eigenvalue weighted by atomic mass is 32.2. The fraction of sp³-hybridized carbons (Fsp3) is 0.240. The van der Waals surface area contributed by atoms with Crippen molar-refractivity contribution < 1.29 is 17.9 Å². The van der Waals surface area contributed by atoms with Gasteiger partial charge < -0.3 is 10.1 Å². The summed E-state index contributed by atoms with van der Waals surface area (Å²) in [6.07, 6.45) is 1.19. The predicted molar refractivity (Wildman–Crippen MR) is 128 cm³/mol. The summed E-state index contributed by atoms with van der Waals surface area (Å²) in [6, 6.07) is 21.6. The molecule has 0 radical (unpaired) electrons. The van der Waals surface area contributed by atoms with Crippen molar-refractivity contribution in [2.24, 2.45) is 0 Å². The Kier molecular flexibility index (Phi) is 7.20. The third-order valence-corrected chi connectivity index (χ3v) is 6.33. The molecule has 0 saturated heterocycles. The average molecular weight is 453 g/mol. The number of hydrogen-bond donors (Lipinski definition) is 1. The van der Waals surface area contributed by atoms with Gasteiger partial charge in [-0.25, -0.2) is 8.42 Å². The zero-order valence-electron chi connectivity index (χ0n) is 18.7. The molecule has 1 amide bonds. The molecule has 0 bridgehead atoms. The van der Waals surface area contributed by atoms with Gasteiger partial charge in [0.15, 0.2) is 0 Å². The van der Waals surface area contributed by atoms with Crippen LogP contribution in [0.4, 0.5) is 5.69 Å². The molecule has 3 aromatic rings. The van der Waals surface area contributed by atoms with Gasteiger partial charge in [-0.3, -0.25) is 9.10 Å². The topological polar surface area (TPSA) is 75.7 Å². The highest BCUT2D eigenvalue weighted by molar-refractivity contribution is 7.92. The maximum atomic E-state index is 12.7. The van der Waals surface area contributed by atoms with Crippen LogP contribution in [0.5, 0.6) is 5.75 Å². The number of nitrogens with one attached hydrogen (secondary N) is 1. The van der Waals surface area contributed by atoms with Crippen molar-refractivity contribution in [1.29, 1.82) is 0 Å². The largest absolute Gasteiger partial charge is 0.496 e. The molecule has 0 aromatic heterocycles. The highest BCUT2D eigenvalue weighted by Crippen LogP contribution is 2.25. The van der Waals surface area contributed by atoms with Crippen molar-refractivity contribution in [3.05, 3.63) is 95.1 Å². The number of para-hydroxylation sites is 1. The molecule has 168 valence electrons. The number of methoxy groups -OCH3 is 1. The van der Waals surface area contributed by atoms with Gasteiger partial charge in [0, 0.05) is 11.1 Å². The van der Waals surface area contributed by atoms with E-state index < -0.39 is 10.0 Å². The highest BCUT2D eigenvalue weighted by Gasteiger charge is 2.19. The SMILES string of the molecule is COc1ccccc1C(C)NC(=O)c1ccc(CN(c2cccc(C)c2)S(C)(=O)=O)cc1. The van der Waals surface area contributed by atoms with Crippen molar-refractivity contribution >= 4 is 21.6 Å². The van der Waals surface area contributed by atoms with E-state index in [2.05, 4.69) is 5.32 Å². The Balaban J connectivity index is 1.74. The molecule has 0 heterocycles. The van der Waals surface area contributed by atoms with Crippen molar-refractivity contribution in [3.63, 3.8) is 0 Å². The number of rotatable bonds is 8. The van der Waals surface area contributed by atoms with Crippen LogP contribution < -0.4 is 14.4 Å². The minimum Gasteiger partial charge on any atom is -0.496 e. The molecule has 3 aromatic carbocycles. The summed E-state index contributed by atoms with van der Waals surface area (Å²) in [4.78, 5) is 12.7. The van der Waals surface area contributed by atoms with Gasteiger partial charge in [0.05, 0.1) is 31.6 Å². The molecule has 0 aliphatic carbocycles. The molecule has 0 aliphatic rings. The number of hydrogen-bond acceptors (Lipinski definition) is 4. The fourth-order valence-corrected chi connectivity index (χ4v) is 4.37. The number of benzene rings is 3. The molecule has 32 heavy (non-hydrogen) atoms. The summed E-state index contributed by atoms with van der Waals surface area (Å²) >= 11 is 0. The molecule has 0 spiro atoms. The van der Waals surface area contributed by atoms with Gasteiger partial charge in [0.2, 0.25) is 10.0 Å². The number of ether oxygens (including phenoxy) is 1. The first-order valence-electron chi connectivity index (χ1n) is 10.3. The van der Waals surface area contributed by atoms with Gasteiger partial charge in [0.1, 0.15) is 5.75 Å². The monoisotopic (exact) mass is 452 g/mol. The minimum absolute atomic E-state index is 0.182. The van der Waals surface area contributed by atoms with Crippen LogP contribution in [0.1, 0.15) is 40.0 Å². The molecule has 3 rings (SSSR count). The van der Waals surface area contributed by atoms with Crippen LogP contribution in [0.3, 0.4) is 0 Å². The standard InChI is InChI=1S/C25H28N2O4S/c1-18-8-7-9-22(16-18)27(32(4,29)30)17-20-12-14-21(15-13-20)25(28)26-19(2)23-10-5-6-11-24(23)31-3/h5-16,19H,17H2,1-4H3,(H,26,28). The van der Waals surface area contributed by atoms with Gasteiger partial charge in [-0.2, -0.15) is 0 Å². The quantitative estimate of drug-likeness (QED) is 0.548. The lowest BCUT2D eigenvalue weighted by atomic mass is 10.1. The number of carbonyl (C=O) groups excluding carboxylic acids is 1. The third-order valence-electron chi connectivity index (χ3n) is 5.19. The molecular weight excluding hydrogens is 424 g/mol. The van der Waals surface area contributed by atoms with E-state index in [-0.39, 0.29) is 18.5 Å². The number of anilines is 1. The lowest BCUT2D eigenvalue weighted by molar-refractivity contribution is 0.0939. The number of nitrogens with zero attached hydrogens (tertiary/aromatic N) is 1. The summed E-state index contributed by atoms with van der Waals surface area (Å²) in [5, 5.41) is 2.98. The van der Waals surface area contributed by atoms with E-state index >= 15 is 0 Å². The van der Waals surface area contributed by atoms with Crippen molar-refractivity contribution in [3.8, 4) is 5.75 Å². The lowest BCUT2D eigenvalue weighted by Gasteiger charge is -2.23. The smallest absolute Gasteiger partial charge is 0.251 e. The van der Waals surface area contributed by atoms with Gasteiger partial charge >= 0.3 is 0 Å². The molecule has 1 N–H and O–H groups in total. The average Bonchev–Trinajstić information content (AvgIpc) is 2.77. The zero-order valence-corrected chi connectivity index (χ0v) is 19.5. The van der Waals surface area contributed by atoms with Crippen LogP contribution in [0.2, 0.25) is 0 Å². The number of sulfonamides is 1. The Bertz CT molecular complexity index is 1190. The van der Waals surface area contributed by atoms with Crippen molar-refractivity contribution in [2.75, 3.05) is 17.7 Å². The van der Waals surface area contributed by atoms with Crippen LogP contribution in [0.25, 0.3) is 0 Å². The Hall–Kier alpha value is -3.32. The molecular formula is C25H28N2O4S. The zero-order chi connectivity index (χ0) is 23.3. The Morgan fingerprint density at radius 1 is 1.03 bits per heavy atom. The summed E-state index contributed by atoms with van der Waals surface area (Å²) in [5.74, 6) is 0.501. The van der Waals surface area contributed by atoms with E-state index in [0.717, 1.165) is 16.7 Å². The number of aryl methyl sites for hydroxylation is 1. The van der Waals surface area contributed by atoms with E-state index in [0.29, 0.717) is 17.0 Å². The molecule has 0 saturated carbocycles. The van der Waals surface area contributed by atoms with E-state index in [1.54, 1.807) is 37.4 Å². The third kappa shape index (κ3) is 5.68. The number of amides is 1. The molecule has 1 atom stereocenters. The normalized spacial score (nSPS) is 12.1. The van der Waals surface area contributed by atoms with Gasteiger partial charge in [0.25, 0.3) is 5.91 Å².